The van der Waals surface area contributed by atoms with Crippen molar-refractivity contribution in [3.8, 4) is 5.75 Å². The lowest BCUT2D eigenvalue weighted by Crippen LogP contribution is -2.14. The summed E-state index contributed by atoms with van der Waals surface area (Å²) in [5.41, 5.74) is 4.06. The smallest absolute Gasteiger partial charge is 0.255 e. The molecule has 5 nitrogen and oxygen atoms in total. The van der Waals surface area contributed by atoms with Crippen molar-refractivity contribution >= 4 is 23.2 Å². The highest BCUT2D eigenvalue weighted by Crippen LogP contribution is 2.19. The van der Waals surface area contributed by atoms with Crippen LogP contribution in [0.3, 0.4) is 0 Å². The van der Waals surface area contributed by atoms with Crippen LogP contribution in [-0.2, 0) is 17.6 Å². The molecule has 5 heteroatoms. The topological polar surface area (TPSA) is 67.4 Å². The van der Waals surface area contributed by atoms with E-state index in [9.17, 15) is 9.59 Å². The van der Waals surface area contributed by atoms with Gasteiger partial charge in [-0.2, -0.15) is 0 Å². The van der Waals surface area contributed by atoms with Crippen LogP contribution >= 0.6 is 0 Å². The van der Waals surface area contributed by atoms with E-state index in [4.69, 9.17) is 4.74 Å². The highest BCUT2D eigenvalue weighted by Gasteiger charge is 2.09. The van der Waals surface area contributed by atoms with Gasteiger partial charge < -0.3 is 15.4 Å². The number of rotatable bonds is 10. The van der Waals surface area contributed by atoms with E-state index in [0.717, 1.165) is 12.0 Å². The molecule has 0 radical (unpaired) electrons. The van der Waals surface area contributed by atoms with Crippen molar-refractivity contribution in [2.45, 2.75) is 19.3 Å². The zero-order chi connectivity index (χ0) is 24.3. The third-order valence-electron chi connectivity index (χ3n) is 5.49. The van der Waals surface area contributed by atoms with E-state index in [1.54, 1.807) is 42.5 Å². The fourth-order valence-electron chi connectivity index (χ4n) is 3.66. The standard InChI is InChI=1S/C30H28N2O3/c33-29(18-17-23-9-3-1-4-10-23)31-26-14-8-15-27(22-26)32-30(34)25-13-7-16-28(21-25)35-20-19-24-11-5-2-6-12-24/h1-16,21-22H,17-20H2,(H,31,33)(H,32,34). The Morgan fingerprint density at radius 3 is 1.97 bits per heavy atom. The first-order chi connectivity index (χ1) is 17.2. The van der Waals surface area contributed by atoms with Crippen LogP contribution in [0.5, 0.6) is 5.75 Å². The minimum absolute atomic E-state index is 0.0716. The van der Waals surface area contributed by atoms with Crippen LogP contribution in [0, 0.1) is 0 Å². The quantitative estimate of drug-likeness (QED) is 0.297. The number of hydrogen-bond acceptors (Lipinski definition) is 3. The number of benzene rings is 4. The van der Waals surface area contributed by atoms with Crippen LogP contribution < -0.4 is 15.4 Å². The Kier molecular flexibility index (Phi) is 8.28. The van der Waals surface area contributed by atoms with Crippen molar-refractivity contribution in [1.29, 1.82) is 0 Å². The number of amides is 2. The molecule has 0 unspecified atom stereocenters. The van der Waals surface area contributed by atoms with E-state index in [2.05, 4.69) is 22.8 Å². The van der Waals surface area contributed by atoms with Gasteiger partial charge in [0.1, 0.15) is 5.75 Å². The fraction of sp³-hybridized carbons (Fsp3) is 0.133. The van der Waals surface area contributed by atoms with Gasteiger partial charge in [0.25, 0.3) is 5.91 Å². The molecule has 35 heavy (non-hydrogen) atoms. The van der Waals surface area contributed by atoms with Gasteiger partial charge in [0.2, 0.25) is 5.91 Å². The van der Waals surface area contributed by atoms with Crippen LogP contribution in [0.1, 0.15) is 27.9 Å². The molecule has 0 bridgehead atoms. The highest BCUT2D eigenvalue weighted by molar-refractivity contribution is 6.05. The number of ether oxygens (including phenoxy) is 1. The van der Waals surface area contributed by atoms with Gasteiger partial charge in [0.15, 0.2) is 0 Å². The molecule has 0 aliphatic heterocycles. The van der Waals surface area contributed by atoms with Crippen molar-refractivity contribution in [2.75, 3.05) is 17.2 Å². The Morgan fingerprint density at radius 1 is 0.629 bits per heavy atom. The highest BCUT2D eigenvalue weighted by atomic mass is 16.5. The molecule has 4 aromatic rings. The number of hydrogen-bond donors (Lipinski definition) is 2. The minimum atomic E-state index is -0.244. The minimum Gasteiger partial charge on any atom is -0.493 e. The number of anilines is 2. The fourth-order valence-corrected chi connectivity index (χ4v) is 3.66. The van der Waals surface area contributed by atoms with E-state index in [1.165, 1.54) is 5.56 Å². The van der Waals surface area contributed by atoms with Gasteiger partial charge in [-0.05, 0) is 53.9 Å². The molecule has 0 aliphatic carbocycles. The summed E-state index contributed by atoms with van der Waals surface area (Å²) in [4.78, 5) is 25.1. The summed E-state index contributed by atoms with van der Waals surface area (Å²) in [5, 5.41) is 5.79. The molecule has 0 aromatic heterocycles. The lowest BCUT2D eigenvalue weighted by atomic mass is 10.1. The molecule has 176 valence electrons. The van der Waals surface area contributed by atoms with Crippen LogP contribution in [-0.4, -0.2) is 18.4 Å². The molecule has 0 aliphatic rings. The van der Waals surface area contributed by atoms with E-state index in [1.807, 2.05) is 54.6 Å². The van der Waals surface area contributed by atoms with Gasteiger partial charge in [-0.3, -0.25) is 9.59 Å². The lowest BCUT2D eigenvalue weighted by Gasteiger charge is -2.10. The van der Waals surface area contributed by atoms with Gasteiger partial charge in [-0.25, -0.2) is 0 Å². The maximum atomic E-state index is 12.8. The predicted octanol–water partition coefficient (Wildman–Crippen LogP) is 6.13. The summed E-state index contributed by atoms with van der Waals surface area (Å²) in [5.74, 6) is 0.330. The van der Waals surface area contributed by atoms with Crippen LogP contribution in [0.15, 0.2) is 109 Å². The third kappa shape index (κ3) is 7.57. The summed E-state index contributed by atoms with van der Waals surface area (Å²) in [7, 11) is 0. The SMILES string of the molecule is O=C(CCc1ccccc1)Nc1cccc(NC(=O)c2cccc(OCCc3ccccc3)c2)c1. The molecule has 2 amide bonds. The summed E-state index contributed by atoms with van der Waals surface area (Å²) >= 11 is 0. The Morgan fingerprint density at radius 2 is 1.26 bits per heavy atom. The predicted molar refractivity (Wildman–Crippen MR) is 140 cm³/mol. The largest absolute Gasteiger partial charge is 0.493 e. The summed E-state index contributed by atoms with van der Waals surface area (Å²) in [6.45, 7) is 0.529. The van der Waals surface area contributed by atoms with Crippen molar-refractivity contribution < 1.29 is 14.3 Å². The van der Waals surface area contributed by atoms with Crippen molar-refractivity contribution in [1.82, 2.24) is 0 Å². The molecule has 0 atom stereocenters. The second-order valence-corrected chi connectivity index (χ2v) is 8.18. The molecule has 4 rings (SSSR count). The Balaban J connectivity index is 1.29. The van der Waals surface area contributed by atoms with E-state index < -0.39 is 0 Å². The van der Waals surface area contributed by atoms with Crippen molar-refractivity contribution in [2.24, 2.45) is 0 Å². The van der Waals surface area contributed by atoms with Crippen LogP contribution in [0.2, 0.25) is 0 Å². The summed E-state index contributed by atoms with van der Waals surface area (Å²) in [6, 6.07) is 34.3. The maximum absolute atomic E-state index is 12.8. The summed E-state index contributed by atoms with van der Waals surface area (Å²) in [6.07, 6.45) is 1.85. The van der Waals surface area contributed by atoms with Gasteiger partial charge in [0.05, 0.1) is 6.61 Å². The molecule has 0 saturated heterocycles. The van der Waals surface area contributed by atoms with E-state index in [-0.39, 0.29) is 11.8 Å². The maximum Gasteiger partial charge on any atom is 0.255 e. The normalized spacial score (nSPS) is 10.4. The van der Waals surface area contributed by atoms with E-state index >= 15 is 0 Å². The lowest BCUT2D eigenvalue weighted by molar-refractivity contribution is -0.116. The monoisotopic (exact) mass is 464 g/mol. The second-order valence-electron chi connectivity index (χ2n) is 8.18. The first-order valence-electron chi connectivity index (χ1n) is 11.7. The first-order valence-corrected chi connectivity index (χ1v) is 11.7. The molecule has 2 N–H and O–H groups in total. The molecule has 0 heterocycles. The van der Waals surface area contributed by atoms with Crippen LogP contribution in [0.4, 0.5) is 11.4 Å². The number of carbonyl (C=O) groups is 2. The molecular formula is C30H28N2O3. The van der Waals surface area contributed by atoms with Gasteiger partial charge in [0, 0.05) is 29.8 Å². The van der Waals surface area contributed by atoms with E-state index in [0.29, 0.717) is 42.1 Å². The average Bonchev–Trinajstić information content (AvgIpc) is 2.89. The Bertz CT molecular complexity index is 1260. The van der Waals surface area contributed by atoms with Gasteiger partial charge in [-0.15, -0.1) is 0 Å². The Labute approximate surface area is 205 Å². The molecule has 0 spiro atoms. The van der Waals surface area contributed by atoms with Crippen molar-refractivity contribution in [3.05, 3.63) is 126 Å². The average molecular weight is 465 g/mol. The number of carbonyl (C=O) groups excluding carboxylic acids is 2. The van der Waals surface area contributed by atoms with Gasteiger partial charge >= 0.3 is 0 Å². The zero-order valence-corrected chi connectivity index (χ0v) is 19.4. The zero-order valence-electron chi connectivity index (χ0n) is 19.4. The van der Waals surface area contributed by atoms with Crippen LogP contribution in [0.25, 0.3) is 0 Å². The first kappa shape index (κ1) is 23.8. The third-order valence-corrected chi connectivity index (χ3v) is 5.49. The van der Waals surface area contributed by atoms with Gasteiger partial charge in [-0.1, -0.05) is 72.8 Å². The molecule has 0 fully saturated rings. The second kappa shape index (κ2) is 12.2. The Hall–Kier alpha value is -4.38. The number of nitrogens with one attached hydrogen (secondary N) is 2. The summed E-state index contributed by atoms with van der Waals surface area (Å²) < 4.78 is 5.84. The molecule has 4 aromatic carbocycles. The molecule has 0 saturated carbocycles. The number of aryl methyl sites for hydroxylation is 1. The van der Waals surface area contributed by atoms with Crippen molar-refractivity contribution in [3.63, 3.8) is 0 Å². The molecular weight excluding hydrogens is 436 g/mol.